The smallest absolute Gasteiger partial charge is 0.254 e. The predicted octanol–water partition coefficient (Wildman–Crippen LogP) is 2.69. The van der Waals surface area contributed by atoms with Crippen LogP contribution in [0.2, 0.25) is 0 Å². The number of halogens is 1. The SMILES string of the molecule is CC(NC(=O)c1ccc(F)cc1)Oc1ccc(O)cc1. The Kier molecular flexibility index (Phi) is 4.20. The van der Waals surface area contributed by atoms with Crippen molar-refractivity contribution in [2.45, 2.75) is 13.2 Å². The molecule has 0 aliphatic carbocycles. The summed E-state index contributed by atoms with van der Waals surface area (Å²) in [6.07, 6.45) is -0.558. The fourth-order valence-corrected chi connectivity index (χ4v) is 1.63. The van der Waals surface area contributed by atoms with Crippen molar-refractivity contribution in [3.63, 3.8) is 0 Å². The second-order valence-corrected chi connectivity index (χ2v) is 4.23. The Bertz CT molecular complexity index is 581. The molecule has 1 atom stereocenters. The zero-order chi connectivity index (χ0) is 14.5. The average molecular weight is 275 g/mol. The topological polar surface area (TPSA) is 58.6 Å². The molecular weight excluding hydrogens is 261 g/mol. The fourth-order valence-electron chi connectivity index (χ4n) is 1.63. The highest BCUT2D eigenvalue weighted by Gasteiger charge is 2.10. The van der Waals surface area contributed by atoms with E-state index in [1.165, 1.54) is 36.4 Å². The van der Waals surface area contributed by atoms with Crippen molar-refractivity contribution in [1.82, 2.24) is 5.32 Å². The first-order valence-electron chi connectivity index (χ1n) is 6.07. The first kappa shape index (κ1) is 13.9. The van der Waals surface area contributed by atoms with E-state index in [-0.39, 0.29) is 11.7 Å². The molecule has 0 aliphatic heterocycles. The molecule has 2 N–H and O–H groups in total. The van der Waals surface area contributed by atoms with E-state index in [0.29, 0.717) is 11.3 Å². The maximum absolute atomic E-state index is 12.8. The molecule has 20 heavy (non-hydrogen) atoms. The summed E-state index contributed by atoms with van der Waals surface area (Å²) < 4.78 is 18.2. The van der Waals surface area contributed by atoms with Gasteiger partial charge in [0.1, 0.15) is 17.3 Å². The van der Waals surface area contributed by atoms with Gasteiger partial charge in [0.25, 0.3) is 5.91 Å². The van der Waals surface area contributed by atoms with Crippen molar-refractivity contribution < 1.29 is 19.0 Å². The van der Waals surface area contributed by atoms with Gasteiger partial charge in [-0.25, -0.2) is 4.39 Å². The third kappa shape index (κ3) is 3.71. The number of rotatable bonds is 4. The summed E-state index contributed by atoms with van der Waals surface area (Å²) in [7, 11) is 0. The summed E-state index contributed by atoms with van der Waals surface area (Å²) in [6.45, 7) is 1.67. The van der Waals surface area contributed by atoms with Gasteiger partial charge in [0.05, 0.1) is 0 Å². The van der Waals surface area contributed by atoms with Gasteiger partial charge in [-0.1, -0.05) is 0 Å². The van der Waals surface area contributed by atoms with Gasteiger partial charge in [0, 0.05) is 5.56 Å². The van der Waals surface area contributed by atoms with E-state index in [0.717, 1.165) is 0 Å². The molecule has 1 amide bonds. The van der Waals surface area contributed by atoms with E-state index in [1.807, 2.05) is 0 Å². The molecule has 5 heteroatoms. The molecule has 2 rings (SSSR count). The molecule has 0 saturated carbocycles. The molecule has 0 radical (unpaired) electrons. The minimum atomic E-state index is -0.558. The zero-order valence-electron chi connectivity index (χ0n) is 10.8. The first-order chi connectivity index (χ1) is 9.54. The van der Waals surface area contributed by atoms with Crippen LogP contribution in [0, 0.1) is 5.82 Å². The summed E-state index contributed by atoms with van der Waals surface area (Å²) in [5.41, 5.74) is 0.354. The molecule has 0 saturated heterocycles. The van der Waals surface area contributed by atoms with Crippen LogP contribution in [0.3, 0.4) is 0 Å². The monoisotopic (exact) mass is 275 g/mol. The molecule has 0 aliphatic rings. The molecule has 2 aromatic rings. The normalized spacial score (nSPS) is 11.7. The van der Waals surface area contributed by atoms with Crippen LogP contribution < -0.4 is 10.1 Å². The highest BCUT2D eigenvalue weighted by molar-refractivity contribution is 5.94. The summed E-state index contributed by atoms with van der Waals surface area (Å²) >= 11 is 0. The van der Waals surface area contributed by atoms with Crippen molar-refractivity contribution in [1.29, 1.82) is 0 Å². The number of hydrogen-bond donors (Lipinski definition) is 2. The number of carbonyl (C=O) groups excluding carboxylic acids is 1. The summed E-state index contributed by atoms with van der Waals surface area (Å²) in [4.78, 5) is 11.9. The molecule has 0 heterocycles. The van der Waals surface area contributed by atoms with Gasteiger partial charge in [-0.2, -0.15) is 0 Å². The van der Waals surface area contributed by atoms with E-state index < -0.39 is 12.0 Å². The lowest BCUT2D eigenvalue weighted by atomic mass is 10.2. The molecular formula is C15H14FNO3. The Hall–Kier alpha value is -2.56. The Morgan fingerprint density at radius 3 is 2.35 bits per heavy atom. The number of aromatic hydroxyl groups is 1. The third-order valence-corrected chi connectivity index (χ3v) is 2.59. The summed E-state index contributed by atoms with van der Waals surface area (Å²) in [5.74, 6) is -0.0822. The van der Waals surface area contributed by atoms with Gasteiger partial charge in [-0.15, -0.1) is 0 Å². The highest BCUT2D eigenvalue weighted by atomic mass is 19.1. The lowest BCUT2D eigenvalue weighted by Crippen LogP contribution is -2.36. The second kappa shape index (κ2) is 6.06. The molecule has 104 valence electrons. The van der Waals surface area contributed by atoms with Crippen molar-refractivity contribution in [3.05, 3.63) is 59.9 Å². The van der Waals surface area contributed by atoms with Gasteiger partial charge < -0.3 is 15.2 Å². The van der Waals surface area contributed by atoms with Crippen LogP contribution in [0.25, 0.3) is 0 Å². The molecule has 0 fully saturated rings. The molecule has 0 spiro atoms. The maximum Gasteiger partial charge on any atom is 0.254 e. The van der Waals surface area contributed by atoms with Gasteiger partial charge in [0.15, 0.2) is 6.23 Å². The van der Waals surface area contributed by atoms with E-state index in [1.54, 1.807) is 19.1 Å². The summed E-state index contributed by atoms with van der Waals surface area (Å²) in [5, 5.41) is 11.8. The third-order valence-electron chi connectivity index (χ3n) is 2.59. The second-order valence-electron chi connectivity index (χ2n) is 4.23. The van der Waals surface area contributed by atoms with E-state index in [9.17, 15) is 9.18 Å². The van der Waals surface area contributed by atoms with Crippen molar-refractivity contribution >= 4 is 5.91 Å². The van der Waals surface area contributed by atoms with Crippen LogP contribution in [-0.2, 0) is 0 Å². The zero-order valence-corrected chi connectivity index (χ0v) is 10.8. The van der Waals surface area contributed by atoms with Crippen molar-refractivity contribution in [2.24, 2.45) is 0 Å². The van der Waals surface area contributed by atoms with Gasteiger partial charge in [-0.3, -0.25) is 4.79 Å². The minimum Gasteiger partial charge on any atom is -0.508 e. The first-order valence-corrected chi connectivity index (χ1v) is 6.07. The molecule has 0 bridgehead atoms. The van der Waals surface area contributed by atoms with Crippen LogP contribution in [0.5, 0.6) is 11.5 Å². The Labute approximate surface area is 115 Å². The molecule has 4 nitrogen and oxygen atoms in total. The largest absolute Gasteiger partial charge is 0.508 e. The van der Waals surface area contributed by atoms with Gasteiger partial charge in [0.2, 0.25) is 0 Å². The number of nitrogens with one attached hydrogen (secondary N) is 1. The molecule has 0 aromatic heterocycles. The standard InChI is InChI=1S/C15H14FNO3/c1-10(20-14-8-6-13(18)7-9-14)17-15(19)11-2-4-12(16)5-3-11/h2-10,18H,1H3,(H,17,19). The predicted molar refractivity (Wildman–Crippen MR) is 72.1 cm³/mol. The Morgan fingerprint density at radius 1 is 1.15 bits per heavy atom. The number of amides is 1. The van der Waals surface area contributed by atoms with Crippen LogP contribution in [0.4, 0.5) is 4.39 Å². The quantitative estimate of drug-likeness (QED) is 0.843. The lowest BCUT2D eigenvalue weighted by Gasteiger charge is -2.16. The number of ether oxygens (including phenoxy) is 1. The van der Waals surface area contributed by atoms with E-state index >= 15 is 0 Å². The van der Waals surface area contributed by atoms with Crippen LogP contribution in [0.15, 0.2) is 48.5 Å². The highest BCUT2D eigenvalue weighted by Crippen LogP contribution is 2.16. The van der Waals surface area contributed by atoms with Crippen LogP contribution >= 0.6 is 0 Å². The van der Waals surface area contributed by atoms with Crippen molar-refractivity contribution in [3.8, 4) is 11.5 Å². The van der Waals surface area contributed by atoms with Crippen LogP contribution in [0.1, 0.15) is 17.3 Å². The average Bonchev–Trinajstić information content (AvgIpc) is 2.42. The number of phenols is 1. The van der Waals surface area contributed by atoms with E-state index in [4.69, 9.17) is 9.84 Å². The number of benzene rings is 2. The Morgan fingerprint density at radius 2 is 1.75 bits per heavy atom. The van der Waals surface area contributed by atoms with Gasteiger partial charge in [-0.05, 0) is 55.5 Å². The molecule has 2 aromatic carbocycles. The van der Waals surface area contributed by atoms with Crippen molar-refractivity contribution in [2.75, 3.05) is 0 Å². The van der Waals surface area contributed by atoms with E-state index in [2.05, 4.69) is 5.32 Å². The minimum absolute atomic E-state index is 0.139. The summed E-state index contributed by atoms with van der Waals surface area (Å²) in [6, 6.07) is 11.4. The maximum atomic E-state index is 12.8. The number of carbonyl (C=O) groups is 1. The number of phenolic OH excluding ortho intramolecular Hbond substituents is 1. The van der Waals surface area contributed by atoms with Gasteiger partial charge >= 0.3 is 0 Å². The molecule has 1 unspecified atom stereocenters. The lowest BCUT2D eigenvalue weighted by molar-refractivity contribution is 0.0851. The Balaban J connectivity index is 1.93. The fraction of sp³-hybridized carbons (Fsp3) is 0.133. The number of hydrogen-bond acceptors (Lipinski definition) is 3. The van der Waals surface area contributed by atoms with Crippen LogP contribution in [-0.4, -0.2) is 17.2 Å².